The van der Waals surface area contributed by atoms with Crippen molar-refractivity contribution in [1.82, 2.24) is 15.5 Å². The smallest absolute Gasteiger partial charge is 0.306 e. The van der Waals surface area contributed by atoms with Crippen LogP contribution in [0.5, 0.6) is 0 Å². The third kappa shape index (κ3) is 7.01. The average molecular weight is 490 g/mol. The molecule has 178 valence electrons. The molecule has 1 heterocycles. The van der Waals surface area contributed by atoms with Gasteiger partial charge in [-0.05, 0) is 35.4 Å². The number of benzene rings is 3. The van der Waals surface area contributed by atoms with E-state index in [1.807, 2.05) is 60.7 Å². The van der Waals surface area contributed by atoms with Gasteiger partial charge < -0.3 is 14.6 Å². The molecule has 0 atom stereocenters. The fourth-order valence-corrected chi connectivity index (χ4v) is 3.69. The molecule has 7 nitrogen and oxygen atoms in total. The molecule has 0 aliphatic carbocycles. The van der Waals surface area contributed by atoms with Crippen molar-refractivity contribution in [3.05, 3.63) is 107 Å². The van der Waals surface area contributed by atoms with E-state index in [0.717, 1.165) is 16.7 Å². The number of carbonyl (C=O) groups is 2. The highest BCUT2D eigenvalue weighted by atomic mass is 35.5. The number of hydrogen-bond donors (Lipinski definition) is 1. The molecule has 0 aliphatic rings. The van der Waals surface area contributed by atoms with Crippen LogP contribution in [0.3, 0.4) is 0 Å². The highest BCUT2D eigenvalue weighted by molar-refractivity contribution is 6.30. The van der Waals surface area contributed by atoms with E-state index in [1.165, 1.54) is 0 Å². The Balaban J connectivity index is 1.23. The molecule has 0 bridgehead atoms. The quantitative estimate of drug-likeness (QED) is 0.321. The van der Waals surface area contributed by atoms with Crippen molar-refractivity contribution in [1.29, 1.82) is 0 Å². The lowest BCUT2D eigenvalue weighted by Gasteiger charge is -2.19. The Kier molecular flexibility index (Phi) is 8.25. The number of halogens is 1. The van der Waals surface area contributed by atoms with Crippen LogP contribution in [0, 0.1) is 0 Å². The van der Waals surface area contributed by atoms with E-state index in [9.17, 15) is 9.59 Å². The van der Waals surface area contributed by atoms with E-state index in [0.29, 0.717) is 23.3 Å². The lowest BCUT2D eigenvalue weighted by atomic mass is 9.91. The highest BCUT2D eigenvalue weighted by Gasteiger charge is 2.16. The number of carbonyl (C=O) groups excluding carboxylic acids is 2. The van der Waals surface area contributed by atoms with E-state index < -0.39 is 5.97 Å². The third-order valence-corrected chi connectivity index (χ3v) is 5.64. The van der Waals surface area contributed by atoms with Gasteiger partial charge >= 0.3 is 5.97 Å². The van der Waals surface area contributed by atoms with Gasteiger partial charge in [-0.3, -0.25) is 9.59 Å². The number of aryl methyl sites for hydroxylation is 1. The van der Waals surface area contributed by atoms with Gasteiger partial charge in [0.05, 0.1) is 6.42 Å². The maximum Gasteiger partial charge on any atom is 0.306 e. The highest BCUT2D eigenvalue weighted by Crippen LogP contribution is 2.23. The van der Waals surface area contributed by atoms with E-state index in [2.05, 4.69) is 15.5 Å². The number of amides is 1. The molecule has 4 rings (SSSR count). The van der Waals surface area contributed by atoms with Crippen molar-refractivity contribution < 1.29 is 18.8 Å². The average Bonchev–Trinajstić information content (AvgIpc) is 3.37. The van der Waals surface area contributed by atoms with Crippen molar-refractivity contribution >= 4 is 23.5 Å². The predicted octanol–water partition coefficient (Wildman–Crippen LogP) is 4.81. The Morgan fingerprint density at radius 3 is 2.17 bits per heavy atom. The summed E-state index contributed by atoms with van der Waals surface area (Å²) in [5, 5.41) is 7.39. The Morgan fingerprint density at radius 1 is 0.914 bits per heavy atom. The van der Waals surface area contributed by atoms with Crippen LogP contribution in [0.2, 0.25) is 5.02 Å². The number of ether oxygens (including phenoxy) is 1. The van der Waals surface area contributed by atoms with Crippen molar-refractivity contribution in [2.45, 2.75) is 18.8 Å². The van der Waals surface area contributed by atoms with Crippen molar-refractivity contribution in [2.24, 2.45) is 0 Å². The van der Waals surface area contributed by atoms with Crippen LogP contribution in [-0.2, 0) is 20.7 Å². The molecule has 0 unspecified atom stereocenters. The molecular formula is C27H24ClN3O4. The first-order valence-corrected chi connectivity index (χ1v) is 11.6. The molecular weight excluding hydrogens is 466 g/mol. The fourth-order valence-electron chi connectivity index (χ4n) is 3.57. The van der Waals surface area contributed by atoms with Crippen LogP contribution < -0.4 is 5.32 Å². The lowest BCUT2D eigenvalue weighted by molar-refractivity contribution is -0.148. The SMILES string of the molecule is O=C(COC(=O)CCc1nc(-c2ccc(Cl)cc2)no1)NCC(c1ccccc1)c1ccccc1. The molecule has 0 saturated carbocycles. The molecule has 0 fully saturated rings. The summed E-state index contributed by atoms with van der Waals surface area (Å²) < 4.78 is 10.3. The van der Waals surface area contributed by atoms with E-state index in [-0.39, 0.29) is 31.3 Å². The zero-order chi connectivity index (χ0) is 24.5. The Hall–Kier alpha value is -3.97. The number of esters is 1. The van der Waals surface area contributed by atoms with Crippen molar-refractivity contribution in [3.8, 4) is 11.4 Å². The first kappa shape index (κ1) is 24.2. The topological polar surface area (TPSA) is 94.3 Å². The Morgan fingerprint density at radius 2 is 1.54 bits per heavy atom. The molecule has 0 aliphatic heterocycles. The number of nitrogens with zero attached hydrogens (tertiary/aromatic N) is 2. The number of hydrogen-bond acceptors (Lipinski definition) is 6. The Labute approximate surface area is 208 Å². The van der Waals surface area contributed by atoms with Gasteiger partial charge in [-0.15, -0.1) is 0 Å². The number of rotatable bonds is 10. The van der Waals surface area contributed by atoms with Gasteiger partial charge in [-0.1, -0.05) is 77.4 Å². The maximum atomic E-state index is 12.3. The van der Waals surface area contributed by atoms with Gasteiger partial charge in [0, 0.05) is 29.5 Å². The minimum absolute atomic E-state index is 0.00980. The van der Waals surface area contributed by atoms with Crippen LogP contribution in [0.25, 0.3) is 11.4 Å². The summed E-state index contributed by atoms with van der Waals surface area (Å²) in [5.41, 5.74) is 2.94. The van der Waals surface area contributed by atoms with Crippen LogP contribution in [-0.4, -0.2) is 35.2 Å². The molecule has 0 radical (unpaired) electrons. The second-order valence-electron chi connectivity index (χ2n) is 7.86. The molecule has 1 N–H and O–H groups in total. The maximum absolute atomic E-state index is 12.3. The summed E-state index contributed by atoms with van der Waals surface area (Å²) in [6.45, 7) is 0.0366. The standard InChI is InChI=1S/C27H24ClN3O4/c28-22-13-11-21(12-14-22)27-30-25(35-31-27)15-16-26(33)34-18-24(32)29-17-23(19-7-3-1-4-8-19)20-9-5-2-6-10-20/h1-14,23H,15-18H2,(H,29,32). The van der Waals surface area contributed by atoms with Crippen molar-refractivity contribution in [3.63, 3.8) is 0 Å². The van der Waals surface area contributed by atoms with Gasteiger partial charge in [-0.25, -0.2) is 0 Å². The molecule has 35 heavy (non-hydrogen) atoms. The largest absolute Gasteiger partial charge is 0.456 e. The van der Waals surface area contributed by atoms with Crippen molar-refractivity contribution in [2.75, 3.05) is 13.2 Å². The van der Waals surface area contributed by atoms with Crippen LogP contribution in [0.15, 0.2) is 89.5 Å². The summed E-state index contributed by atoms with van der Waals surface area (Å²) in [6.07, 6.45) is 0.233. The first-order chi connectivity index (χ1) is 17.1. The molecule has 8 heteroatoms. The van der Waals surface area contributed by atoms with Gasteiger partial charge in [0.1, 0.15) is 0 Å². The summed E-state index contributed by atoms with van der Waals surface area (Å²) in [7, 11) is 0. The minimum atomic E-state index is -0.519. The molecule has 1 aromatic heterocycles. The van der Waals surface area contributed by atoms with Crippen LogP contribution in [0.1, 0.15) is 29.4 Å². The molecule has 1 amide bonds. The summed E-state index contributed by atoms with van der Waals surface area (Å²) >= 11 is 5.89. The van der Waals surface area contributed by atoms with E-state index in [1.54, 1.807) is 24.3 Å². The van der Waals surface area contributed by atoms with Gasteiger partial charge in [-0.2, -0.15) is 4.98 Å². The predicted molar refractivity (Wildman–Crippen MR) is 132 cm³/mol. The summed E-state index contributed by atoms with van der Waals surface area (Å²) in [6, 6.07) is 26.9. The monoisotopic (exact) mass is 489 g/mol. The number of aromatic nitrogens is 2. The normalized spacial score (nSPS) is 10.8. The zero-order valence-corrected chi connectivity index (χ0v) is 19.6. The third-order valence-electron chi connectivity index (χ3n) is 5.38. The molecule has 0 spiro atoms. The minimum Gasteiger partial charge on any atom is -0.456 e. The van der Waals surface area contributed by atoms with Gasteiger partial charge in [0.25, 0.3) is 5.91 Å². The van der Waals surface area contributed by atoms with E-state index in [4.69, 9.17) is 20.9 Å². The molecule has 0 saturated heterocycles. The zero-order valence-electron chi connectivity index (χ0n) is 18.9. The molecule has 4 aromatic rings. The summed E-state index contributed by atoms with van der Waals surface area (Å²) in [5.74, 6) is -0.169. The second kappa shape index (κ2) is 11.9. The second-order valence-corrected chi connectivity index (χ2v) is 8.29. The van der Waals surface area contributed by atoms with Gasteiger partial charge in [0.2, 0.25) is 11.7 Å². The Bertz CT molecular complexity index is 1200. The van der Waals surface area contributed by atoms with E-state index >= 15 is 0 Å². The summed E-state index contributed by atoms with van der Waals surface area (Å²) in [4.78, 5) is 28.7. The first-order valence-electron chi connectivity index (χ1n) is 11.2. The van der Waals surface area contributed by atoms with Gasteiger partial charge in [0.15, 0.2) is 6.61 Å². The molecule has 3 aromatic carbocycles. The lowest BCUT2D eigenvalue weighted by Crippen LogP contribution is -2.32. The van der Waals surface area contributed by atoms with Crippen LogP contribution >= 0.6 is 11.6 Å². The van der Waals surface area contributed by atoms with Crippen LogP contribution in [0.4, 0.5) is 0 Å². The number of nitrogens with one attached hydrogen (secondary N) is 1. The fraction of sp³-hybridized carbons (Fsp3) is 0.185.